The standard InChI is InChI=1S/C12H18N2O2S/c1-5-16-6-7-17-12-11(9(3)15)8(2)13-10(4)14-12/h5-7H2,1-4H3. The van der Waals surface area contributed by atoms with Crippen molar-refractivity contribution in [3.05, 3.63) is 17.1 Å². The predicted octanol–water partition coefficient (Wildman–Crippen LogP) is 2.42. The minimum atomic E-state index is 0.0152. The molecule has 5 heteroatoms. The number of ketones is 1. The fourth-order valence-corrected chi connectivity index (χ4v) is 2.56. The summed E-state index contributed by atoms with van der Waals surface area (Å²) in [5.74, 6) is 1.51. The van der Waals surface area contributed by atoms with E-state index in [-0.39, 0.29) is 5.78 Å². The monoisotopic (exact) mass is 254 g/mol. The zero-order valence-electron chi connectivity index (χ0n) is 10.7. The number of thioether (sulfide) groups is 1. The van der Waals surface area contributed by atoms with Crippen molar-refractivity contribution in [2.75, 3.05) is 19.0 Å². The van der Waals surface area contributed by atoms with Crippen molar-refractivity contribution in [2.24, 2.45) is 0 Å². The Morgan fingerprint density at radius 1 is 1.35 bits per heavy atom. The highest BCUT2D eigenvalue weighted by atomic mass is 32.2. The van der Waals surface area contributed by atoms with Gasteiger partial charge in [-0.3, -0.25) is 4.79 Å². The molecule has 0 aliphatic heterocycles. The Balaban J connectivity index is 2.85. The average molecular weight is 254 g/mol. The molecular weight excluding hydrogens is 236 g/mol. The number of carbonyl (C=O) groups excluding carboxylic acids is 1. The van der Waals surface area contributed by atoms with Gasteiger partial charge in [-0.1, -0.05) is 0 Å². The molecule has 1 aromatic heterocycles. The number of hydrogen-bond donors (Lipinski definition) is 0. The van der Waals surface area contributed by atoms with E-state index in [2.05, 4.69) is 9.97 Å². The van der Waals surface area contributed by atoms with Crippen LogP contribution in [-0.4, -0.2) is 34.7 Å². The molecule has 0 unspecified atom stereocenters. The van der Waals surface area contributed by atoms with E-state index in [1.54, 1.807) is 18.7 Å². The van der Waals surface area contributed by atoms with Gasteiger partial charge in [-0.25, -0.2) is 9.97 Å². The second-order valence-corrected chi connectivity index (χ2v) is 4.72. The molecule has 0 spiro atoms. The molecule has 0 aromatic carbocycles. The van der Waals surface area contributed by atoms with Crippen LogP contribution in [0, 0.1) is 13.8 Å². The van der Waals surface area contributed by atoms with Crippen molar-refractivity contribution in [1.82, 2.24) is 9.97 Å². The van der Waals surface area contributed by atoms with Crippen LogP contribution in [0.2, 0.25) is 0 Å². The summed E-state index contributed by atoms with van der Waals surface area (Å²) in [5.41, 5.74) is 1.39. The Labute approximate surface area is 106 Å². The first-order chi connectivity index (χ1) is 8.06. The van der Waals surface area contributed by atoms with Gasteiger partial charge < -0.3 is 4.74 Å². The maximum Gasteiger partial charge on any atom is 0.164 e. The third-order valence-corrected chi connectivity index (χ3v) is 3.13. The van der Waals surface area contributed by atoms with E-state index in [0.717, 1.165) is 16.5 Å². The molecule has 94 valence electrons. The SMILES string of the molecule is CCOCCSc1nc(C)nc(C)c1C(C)=O. The third kappa shape index (κ3) is 4.09. The van der Waals surface area contributed by atoms with E-state index in [4.69, 9.17) is 4.74 Å². The highest BCUT2D eigenvalue weighted by Gasteiger charge is 2.14. The molecule has 0 fully saturated rings. The van der Waals surface area contributed by atoms with Gasteiger partial charge in [0.1, 0.15) is 10.9 Å². The lowest BCUT2D eigenvalue weighted by molar-refractivity contribution is 0.101. The number of carbonyl (C=O) groups is 1. The fraction of sp³-hybridized carbons (Fsp3) is 0.583. The number of aromatic nitrogens is 2. The quantitative estimate of drug-likeness (QED) is 0.338. The molecule has 0 aliphatic rings. The Bertz CT molecular complexity index is 408. The summed E-state index contributed by atoms with van der Waals surface area (Å²) in [6.07, 6.45) is 0. The topological polar surface area (TPSA) is 52.1 Å². The molecule has 0 N–H and O–H groups in total. The maximum absolute atomic E-state index is 11.6. The number of Topliss-reactive ketones (excluding diaryl/α,β-unsaturated/α-hetero) is 1. The van der Waals surface area contributed by atoms with Crippen molar-refractivity contribution in [1.29, 1.82) is 0 Å². The van der Waals surface area contributed by atoms with Gasteiger partial charge in [0.2, 0.25) is 0 Å². The lowest BCUT2D eigenvalue weighted by atomic mass is 10.2. The van der Waals surface area contributed by atoms with Gasteiger partial charge in [0.25, 0.3) is 0 Å². The number of nitrogens with zero attached hydrogens (tertiary/aromatic N) is 2. The third-order valence-electron chi connectivity index (χ3n) is 2.19. The zero-order valence-corrected chi connectivity index (χ0v) is 11.6. The molecule has 0 aliphatic carbocycles. The molecule has 0 atom stereocenters. The number of hydrogen-bond acceptors (Lipinski definition) is 5. The smallest absolute Gasteiger partial charge is 0.164 e. The van der Waals surface area contributed by atoms with Crippen molar-refractivity contribution in [3.63, 3.8) is 0 Å². The van der Waals surface area contributed by atoms with E-state index in [9.17, 15) is 4.79 Å². The minimum Gasteiger partial charge on any atom is -0.381 e. The first kappa shape index (κ1) is 14.1. The van der Waals surface area contributed by atoms with Crippen LogP contribution in [0.4, 0.5) is 0 Å². The van der Waals surface area contributed by atoms with Crippen molar-refractivity contribution < 1.29 is 9.53 Å². The summed E-state index contributed by atoms with van der Waals surface area (Å²) in [4.78, 5) is 20.1. The lowest BCUT2D eigenvalue weighted by Crippen LogP contribution is -2.07. The van der Waals surface area contributed by atoms with Gasteiger partial charge in [-0.15, -0.1) is 11.8 Å². The van der Waals surface area contributed by atoms with Crippen LogP contribution in [0.5, 0.6) is 0 Å². The second-order valence-electron chi connectivity index (χ2n) is 3.64. The van der Waals surface area contributed by atoms with Gasteiger partial charge in [-0.05, 0) is 27.7 Å². The van der Waals surface area contributed by atoms with E-state index >= 15 is 0 Å². The van der Waals surface area contributed by atoms with Crippen LogP contribution in [-0.2, 0) is 4.74 Å². The predicted molar refractivity (Wildman–Crippen MR) is 68.7 cm³/mol. The molecule has 0 saturated heterocycles. The van der Waals surface area contributed by atoms with Crippen LogP contribution in [0.1, 0.15) is 35.7 Å². The minimum absolute atomic E-state index is 0.0152. The van der Waals surface area contributed by atoms with Crippen LogP contribution >= 0.6 is 11.8 Å². The van der Waals surface area contributed by atoms with Crippen LogP contribution < -0.4 is 0 Å². The van der Waals surface area contributed by atoms with Crippen LogP contribution in [0.25, 0.3) is 0 Å². The van der Waals surface area contributed by atoms with E-state index in [0.29, 0.717) is 24.6 Å². The zero-order chi connectivity index (χ0) is 12.8. The summed E-state index contributed by atoms with van der Waals surface area (Å²) in [7, 11) is 0. The molecule has 1 aromatic rings. The molecule has 17 heavy (non-hydrogen) atoms. The van der Waals surface area contributed by atoms with E-state index < -0.39 is 0 Å². The fourth-order valence-electron chi connectivity index (χ4n) is 1.53. The van der Waals surface area contributed by atoms with E-state index in [1.807, 2.05) is 20.8 Å². The highest BCUT2D eigenvalue weighted by molar-refractivity contribution is 7.99. The average Bonchev–Trinajstić information content (AvgIpc) is 2.22. The van der Waals surface area contributed by atoms with Crippen LogP contribution in [0.15, 0.2) is 5.03 Å². The normalized spacial score (nSPS) is 10.6. The molecule has 0 radical (unpaired) electrons. The summed E-state index contributed by atoms with van der Waals surface area (Å²) in [5, 5.41) is 0.766. The Kier molecular flexibility index (Phi) is 5.58. The van der Waals surface area contributed by atoms with Gasteiger partial charge in [-0.2, -0.15) is 0 Å². The highest BCUT2D eigenvalue weighted by Crippen LogP contribution is 2.23. The Morgan fingerprint density at radius 2 is 2.06 bits per heavy atom. The second kappa shape index (κ2) is 6.71. The summed E-state index contributed by atoms with van der Waals surface area (Å²) >= 11 is 1.55. The molecule has 4 nitrogen and oxygen atoms in total. The van der Waals surface area contributed by atoms with Crippen molar-refractivity contribution in [3.8, 4) is 0 Å². The first-order valence-electron chi connectivity index (χ1n) is 5.63. The number of ether oxygens (including phenoxy) is 1. The van der Waals surface area contributed by atoms with Gasteiger partial charge in [0.05, 0.1) is 17.9 Å². The summed E-state index contributed by atoms with van der Waals surface area (Å²) < 4.78 is 5.27. The number of aryl methyl sites for hydroxylation is 2. The van der Waals surface area contributed by atoms with Crippen molar-refractivity contribution in [2.45, 2.75) is 32.7 Å². The number of rotatable bonds is 6. The molecule has 0 saturated carbocycles. The Hall–Kier alpha value is -0.940. The molecule has 0 amide bonds. The Morgan fingerprint density at radius 3 is 2.65 bits per heavy atom. The van der Waals surface area contributed by atoms with Gasteiger partial charge in [0, 0.05) is 12.4 Å². The summed E-state index contributed by atoms with van der Waals surface area (Å²) in [6, 6.07) is 0. The van der Waals surface area contributed by atoms with E-state index in [1.165, 1.54) is 0 Å². The van der Waals surface area contributed by atoms with Crippen molar-refractivity contribution >= 4 is 17.5 Å². The molecular formula is C12H18N2O2S. The molecule has 1 rings (SSSR count). The summed E-state index contributed by atoms with van der Waals surface area (Å²) in [6.45, 7) is 8.57. The van der Waals surface area contributed by atoms with Gasteiger partial charge >= 0.3 is 0 Å². The molecule has 1 heterocycles. The molecule has 0 bridgehead atoms. The first-order valence-corrected chi connectivity index (χ1v) is 6.61. The largest absolute Gasteiger partial charge is 0.381 e. The van der Waals surface area contributed by atoms with Gasteiger partial charge in [0.15, 0.2) is 5.78 Å². The van der Waals surface area contributed by atoms with Crippen LogP contribution in [0.3, 0.4) is 0 Å². The maximum atomic E-state index is 11.6. The lowest BCUT2D eigenvalue weighted by Gasteiger charge is -2.09.